The standard InChI is InChI=1S/C21H20N6O2/c1-26-11-10-17(20(26)28)23-21-22-16-9-4-3-8-15(16)19-24-18(25-27(19)21)13-6-5-7-14(12-13)29-2/h3-9,12,17H,10-11H2,1-2H3,(H,22,23)/t17-/m1/s1. The van der Waals surface area contributed by atoms with Crippen LogP contribution in [0.5, 0.6) is 5.75 Å². The number of likely N-dealkylation sites (tertiary alicyclic amines) is 1. The van der Waals surface area contributed by atoms with Crippen molar-refractivity contribution in [3.05, 3.63) is 48.5 Å². The molecule has 0 saturated carbocycles. The Morgan fingerprint density at radius 1 is 1.14 bits per heavy atom. The number of likely N-dealkylation sites (N-methyl/N-ethyl adjacent to an activating group) is 1. The normalized spacial score (nSPS) is 16.7. The summed E-state index contributed by atoms with van der Waals surface area (Å²) in [5, 5.41) is 8.87. The monoisotopic (exact) mass is 388 g/mol. The zero-order valence-corrected chi connectivity index (χ0v) is 16.2. The second-order valence-electron chi connectivity index (χ2n) is 7.10. The van der Waals surface area contributed by atoms with Gasteiger partial charge in [0.25, 0.3) is 0 Å². The fourth-order valence-electron chi connectivity index (χ4n) is 3.65. The van der Waals surface area contributed by atoms with Gasteiger partial charge in [-0.2, -0.15) is 4.52 Å². The molecule has 1 atom stereocenters. The van der Waals surface area contributed by atoms with Gasteiger partial charge in [0, 0.05) is 24.5 Å². The van der Waals surface area contributed by atoms with Crippen LogP contribution in [0.15, 0.2) is 48.5 Å². The molecule has 3 heterocycles. The highest BCUT2D eigenvalue weighted by atomic mass is 16.5. The Balaban J connectivity index is 1.67. The van der Waals surface area contributed by atoms with Crippen molar-refractivity contribution in [3.8, 4) is 17.1 Å². The van der Waals surface area contributed by atoms with E-state index < -0.39 is 0 Å². The molecule has 4 aromatic rings. The number of amides is 1. The highest BCUT2D eigenvalue weighted by Crippen LogP contribution is 2.26. The van der Waals surface area contributed by atoms with Crippen LogP contribution in [0.25, 0.3) is 27.9 Å². The van der Waals surface area contributed by atoms with Crippen LogP contribution >= 0.6 is 0 Å². The Kier molecular flexibility index (Phi) is 4.04. The molecule has 1 amide bonds. The Morgan fingerprint density at radius 2 is 2.00 bits per heavy atom. The average Bonchev–Trinajstić information content (AvgIpc) is 3.34. The van der Waals surface area contributed by atoms with E-state index in [1.54, 1.807) is 16.5 Å². The molecule has 0 spiro atoms. The fraction of sp³-hybridized carbons (Fsp3) is 0.238. The molecule has 29 heavy (non-hydrogen) atoms. The topological polar surface area (TPSA) is 84.7 Å². The summed E-state index contributed by atoms with van der Waals surface area (Å²) in [7, 11) is 3.44. The summed E-state index contributed by atoms with van der Waals surface area (Å²) in [5.41, 5.74) is 2.33. The number of aromatic nitrogens is 4. The number of benzene rings is 2. The number of ether oxygens (including phenoxy) is 1. The Hall–Kier alpha value is -3.68. The van der Waals surface area contributed by atoms with Crippen LogP contribution in [-0.4, -0.2) is 57.1 Å². The number of hydrogen-bond donors (Lipinski definition) is 1. The number of nitrogens with zero attached hydrogens (tertiary/aromatic N) is 5. The summed E-state index contributed by atoms with van der Waals surface area (Å²) in [6.07, 6.45) is 0.725. The minimum atomic E-state index is -0.318. The van der Waals surface area contributed by atoms with Crippen LogP contribution in [0.1, 0.15) is 6.42 Å². The van der Waals surface area contributed by atoms with E-state index in [0.717, 1.165) is 35.2 Å². The summed E-state index contributed by atoms with van der Waals surface area (Å²) in [6, 6.07) is 15.1. The second-order valence-corrected chi connectivity index (χ2v) is 7.10. The van der Waals surface area contributed by atoms with E-state index in [-0.39, 0.29) is 11.9 Å². The number of rotatable bonds is 4. The molecular formula is C21H20N6O2. The van der Waals surface area contributed by atoms with Gasteiger partial charge in [0.2, 0.25) is 11.9 Å². The fourth-order valence-corrected chi connectivity index (χ4v) is 3.65. The molecule has 0 unspecified atom stereocenters. The minimum Gasteiger partial charge on any atom is -0.497 e. The molecule has 0 aliphatic carbocycles. The molecule has 1 fully saturated rings. The van der Waals surface area contributed by atoms with Crippen LogP contribution in [0, 0.1) is 0 Å². The number of nitrogens with one attached hydrogen (secondary N) is 1. The van der Waals surface area contributed by atoms with Crippen molar-refractivity contribution in [2.45, 2.75) is 12.5 Å². The van der Waals surface area contributed by atoms with E-state index in [1.165, 1.54) is 0 Å². The van der Waals surface area contributed by atoms with Crippen molar-refractivity contribution < 1.29 is 9.53 Å². The van der Waals surface area contributed by atoms with Crippen molar-refractivity contribution >= 4 is 28.4 Å². The predicted molar refractivity (Wildman–Crippen MR) is 110 cm³/mol. The lowest BCUT2D eigenvalue weighted by Gasteiger charge is -2.14. The maximum Gasteiger partial charge on any atom is 0.244 e. The second kappa shape index (κ2) is 6.73. The molecule has 8 nitrogen and oxygen atoms in total. The molecule has 1 aliphatic heterocycles. The minimum absolute atomic E-state index is 0.0567. The third-order valence-corrected chi connectivity index (χ3v) is 5.24. The Morgan fingerprint density at radius 3 is 2.79 bits per heavy atom. The first-order valence-electron chi connectivity index (χ1n) is 9.45. The zero-order chi connectivity index (χ0) is 20.0. The third kappa shape index (κ3) is 2.93. The maximum atomic E-state index is 12.4. The molecule has 2 aromatic heterocycles. The first-order chi connectivity index (χ1) is 14.1. The van der Waals surface area contributed by atoms with Crippen LogP contribution in [0.2, 0.25) is 0 Å². The quantitative estimate of drug-likeness (QED) is 0.578. The lowest BCUT2D eigenvalue weighted by atomic mass is 10.2. The van der Waals surface area contributed by atoms with Crippen molar-refractivity contribution in [2.75, 3.05) is 26.0 Å². The van der Waals surface area contributed by atoms with E-state index in [2.05, 4.69) is 5.32 Å². The van der Waals surface area contributed by atoms with Gasteiger partial charge in [-0.05, 0) is 30.7 Å². The molecular weight excluding hydrogens is 368 g/mol. The van der Waals surface area contributed by atoms with Crippen molar-refractivity contribution in [1.82, 2.24) is 24.5 Å². The molecule has 1 aliphatic rings. The summed E-state index contributed by atoms with van der Waals surface area (Å²) in [4.78, 5) is 23.6. The van der Waals surface area contributed by atoms with Gasteiger partial charge >= 0.3 is 0 Å². The molecule has 146 valence electrons. The van der Waals surface area contributed by atoms with Gasteiger partial charge in [0.05, 0.1) is 12.6 Å². The van der Waals surface area contributed by atoms with Crippen molar-refractivity contribution in [3.63, 3.8) is 0 Å². The van der Waals surface area contributed by atoms with Crippen LogP contribution in [0.3, 0.4) is 0 Å². The van der Waals surface area contributed by atoms with Crippen molar-refractivity contribution in [1.29, 1.82) is 0 Å². The molecule has 5 rings (SSSR count). The van der Waals surface area contributed by atoms with Crippen LogP contribution < -0.4 is 10.1 Å². The first kappa shape index (κ1) is 17.4. The van der Waals surface area contributed by atoms with Gasteiger partial charge in [0.15, 0.2) is 11.5 Å². The van der Waals surface area contributed by atoms with Gasteiger partial charge in [-0.15, -0.1) is 5.10 Å². The van der Waals surface area contributed by atoms with E-state index in [0.29, 0.717) is 17.4 Å². The summed E-state index contributed by atoms with van der Waals surface area (Å²) in [5.74, 6) is 1.87. The van der Waals surface area contributed by atoms with Gasteiger partial charge < -0.3 is 15.0 Å². The first-order valence-corrected chi connectivity index (χ1v) is 9.45. The van der Waals surface area contributed by atoms with E-state index in [4.69, 9.17) is 19.8 Å². The molecule has 2 aromatic carbocycles. The van der Waals surface area contributed by atoms with Gasteiger partial charge in [-0.1, -0.05) is 24.3 Å². The summed E-state index contributed by atoms with van der Waals surface area (Å²) in [6.45, 7) is 0.722. The molecule has 1 N–H and O–H groups in total. The van der Waals surface area contributed by atoms with Gasteiger partial charge in [0.1, 0.15) is 11.8 Å². The lowest BCUT2D eigenvalue weighted by molar-refractivity contribution is -0.127. The molecule has 8 heteroatoms. The van der Waals surface area contributed by atoms with Gasteiger partial charge in [-0.25, -0.2) is 9.97 Å². The van der Waals surface area contributed by atoms with E-state index in [9.17, 15) is 4.79 Å². The van der Waals surface area contributed by atoms with Crippen LogP contribution in [0.4, 0.5) is 5.95 Å². The lowest BCUT2D eigenvalue weighted by Crippen LogP contribution is -2.32. The average molecular weight is 388 g/mol. The maximum absolute atomic E-state index is 12.4. The third-order valence-electron chi connectivity index (χ3n) is 5.24. The SMILES string of the molecule is COc1cccc(-c2nc3c4ccccc4nc(N[C@@H]4CCN(C)C4=O)n3n2)c1. The number of anilines is 1. The predicted octanol–water partition coefficient (Wildman–Crippen LogP) is 2.60. The molecule has 0 radical (unpaired) electrons. The summed E-state index contributed by atoms with van der Waals surface area (Å²) < 4.78 is 7.01. The number of carbonyl (C=O) groups excluding carboxylic acids is 1. The number of methoxy groups -OCH3 is 1. The van der Waals surface area contributed by atoms with Gasteiger partial charge in [-0.3, -0.25) is 4.79 Å². The largest absolute Gasteiger partial charge is 0.497 e. The number of carbonyl (C=O) groups is 1. The van der Waals surface area contributed by atoms with E-state index >= 15 is 0 Å². The molecule has 0 bridgehead atoms. The van der Waals surface area contributed by atoms with E-state index in [1.807, 2.05) is 55.6 Å². The molecule has 1 saturated heterocycles. The Labute approximate surface area is 167 Å². The number of fused-ring (bicyclic) bond motifs is 3. The van der Waals surface area contributed by atoms with Crippen LogP contribution in [-0.2, 0) is 4.79 Å². The Bertz CT molecular complexity index is 1230. The summed E-state index contributed by atoms with van der Waals surface area (Å²) >= 11 is 0. The smallest absolute Gasteiger partial charge is 0.244 e. The number of para-hydroxylation sites is 1. The highest BCUT2D eigenvalue weighted by Gasteiger charge is 2.30. The van der Waals surface area contributed by atoms with Crippen molar-refractivity contribution in [2.24, 2.45) is 0 Å². The highest BCUT2D eigenvalue weighted by molar-refractivity contribution is 5.93. The number of hydrogen-bond acceptors (Lipinski definition) is 6. The zero-order valence-electron chi connectivity index (χ0n) is 16.2.